The Kier molecular flexibility index (Phi) is 4.49. The molecule has 2 aromatic heterocycles. The molecule has 2 rings (SSSR count). The first-order valence-electron chi connectivity index (χ1n) is 6.29. The average Bonchev–Trinajstić information content (AvgIpc) is 2.82. The molecule has 7 heteroatoms. The minimum absolute atomic E-state index is 0.0164. The third kappa shape index (κ3) is 3.22. The van der Waals surface area contributed by atoms with E-state index in [0.29, 0.717) is 6.54 Å². The molecule has 0 radical (unpaired) electrons. The number of nitrogens with one attached hydrogen (secondary N) is 2. The summed E-state index contributed by atoms with van der Waals surface area (Å²) in [6, 6.07) is 0.628. The van der Waals surface area contributed by atoms with Gasteiger partial charge in [-0.2, -0.15) is 0 Å². The monoisotopic (exact) mass is 298 g/mol. The fourth-order valence-electron chi connectivity index (χ4n) is 1.70. The van der Waals surface area contributed by atoms with Crippen molar-refractivity contribution in [1.29, 1.82) is 0 Å². The molecule has 4 nitrogen and oxygen atoms in total. The first-order chi connectivity index (χ1) is 9.51. The summed E-state index contributed by atoms with van der Waals surface area (Å²) >= 11 is 1.49. The highest BCUT2D eigenvalue weighted by atomic mass is 32.1. The van der Waals surface area contributed by atoms with Crippen LogP contribution in [0.25, 0.3) is 0 Å². The van der Waals surface area contributed by atoms with Crippen LogP contribution in [-0.4, -0.2) is 16.5 Å². The van der Waals surface area contributed by atoms with Gasteiger partial charge in [0, 0.05) is 23.7 Å². The Morgan fingerprint density at radius 2 is 1.95 bits per heavy atom. The predicted molar refractivity (Wildman–Crippen MR) is 77.2 cm³/mol. The SMILES string of the molecule is CCNc1nc(NC(C)c2nc(C)cs2)c(F)cc1F. The van der Waals surface area contributed by atoms with E-state index in [9.17, 15) is 8.78 Å². The molecule has 1 atom stereocenters. The summed E-state index contributed by atoms with van der Waals surface area (Å²) in [5, 5.41) is 8.43. The number of hydrogen-bond donors (Lipinski definition) is 2. The second kappa shape index (κ2) is 6.13. The first-order valence-corrected chi connectivity index (χ1v) is 7.17. The molecule has 0 fully saturated rings. The van der Waals surface area contributed by atoms with Crippen LogP contribution in [0.15, 0.2) is 11.4 Å². The third-order valence-corrected chi connectivity index (χ3v) is 3.78. The van der Waals surface area contributed by atoms with E-state index in [2.05, 4.69) is 20.6 Å². The minimum Gasteiger partial charge on any atom is -0.368 e. The van der Waals surface area contributed by atoms with E-state index in [4.69, 9.17) is 0 Å². The van der Waals surface area contributed by atoms with Crippen molar-refractivity contribution in [3.8, 4) is 0 Å². The van der Waals surface area contributed by atoms with Crippen molar-refractivity contribution in [3.63, 3.8) is 0 Å². The molecular formula is C13H16F2N4S. The van der Waals surface area contributed by atoms with E-state index in [0.717, 1.165) is 16.8 Å². The van der Waals surface area contributed by atoms with Crippen LogP contribution in [0.3, 0.4) is 0 Å². The van der Waals surface area contributed by atoms with Gasteiger partial charge in [0.05, 0.1) is 6.04 Å². The van der Waals surface area contributed by atoms with Crippen LogP contribution in [0.2, 0.25) is 0 Å². The van der Waals surface area contributed by atoms with Gasteiger partial charge in [-0.1, -0.05) is 0 Å². The van der Waals surface area contributed by atoms with Gasteiger partial charge in [-0.3, -0.25) is 0 Å². The molecule has 0 amide bonds. The van der Waals surface area contributed by atoms with Crippen molar-refractivity contribution in [2.24, 2.45) is 0 Å². The lowest BCUT2D eigenvalue weighted by atomic mass is 10.3. The normalized spacial score (nSPS) is 12.2. The first kappa shape index (κ1) is 14.6. The Morgan fingerprint density at radius 1 is 1.25 bits per heavy atom. The second-order valence-corrected chi connectivity index (χ2v) is 5.26. The van der Waals surface area contributed by atoms with Crippen molar-refractivity contribution in [3.05, 3.63) is 33.8 Å². The Labute approximate surface area is 120 Å². The molecule has 2 heterocycles. The zero-order valence-corrected chi connectivity index (χ0v) is 12.3. The Balaban J connectivity index is 2.22. The molecule has 0 aliphatic carbocycles. The Morgan fingerprint density at radius 3 is 2.55 bits per heavy atom. The second-order valence-electron chi connectivity index (χ2n) is 4.37. The Hall–Kier alpha value is -1.76. The van der Waals surface area contributed by atoms with E-state index in [-0.39, 0.29) is 17.7 Å². The maximum atomic E-state index is 13.7. The van der Waals surface area contributed by atoms with Crippen LogP contribution in [0.5, 0.6) is 0 Å². The summed E-state index contributed by atoms with van der Waals surface area (Å²) in [5.41, 5.74) is 0.916. The van der Waals surface area contributed by atoms with Crippen LogP contribution in [0, 0.1) is 18.6 Å². The van der Waals surface area contributed by atoms with Gasteiger partial charge in [0.1, 0.15) is 5.01 Å². The van der Waals surface area contributed by atoms with Crippen molar-refractivity contribution < 1.29 is 8.78 Å². The summed E-state index contributed by atoms with van der Waals surface area (Å²) in [6.07, 6.45) is 0. The molecule has 0 aliphatic rings. The lowest BCUT2D eigenvalue weighted by molar-refractivity contribution is 0.576. The molecule has 0 bridgehead atoms. The summed E-state index contributed by atoms with van der Waals surface area (Å²) in [6.45, 7) is 6.08. The summed E-state index contributed by atoms with van der Waals surface area (Å²) < 4.78 is 27.2. The summed E-state index contributed by atoms with van der Waals surface area (Å²) in [4.78, 5) is 8.27. The zero-order chi connectivity index (χ0) is 14.7. The van der Waals surface area contributed by atoms with Gasteiger partial charge < -0.3 is 10.6 Å². The van der Waals surface area contributed by atoms with Crippen LogP contribution in [0.1, 0.15) is 30.6 Å². The van der Waals surface area contributed by atoms with Crippen molar-refractivity contribution in [2.75, 3.05) is 17.2 Å². The van der Waals surface area contributed by atoms with Crippen LogP contribution in [0.4, 0.5) is 20.4 Å². The number of halogens is 2. The van der Waals surface area contributed by atoms with Gasteiger partial charge in [0.2, 0.25) is 0 Å². The molecule has 0 aliphatic heterocycles. The lowest BCUT2D eigenvalue weighted by Crippen LogP contribution is -2.12. The fourth-order valence-corrected chi connectivity index (χ4v) is 2.50. The number of anilines is 2. The molecular weight excluding hydrogens is 282 g/mol. The summed E-state index contributed by atoms with van der Waals surface area (Å²) in [5.74, 6) is -1.36. The molecule has 2 aromatic rings. The molecule has 0 saturated heterocycles. The topological polar surface area (TPSA) is 49.8 Å². The molecule has 0 aromatic carbocycles. The summed E-state index contributed by atoms with van der Waals surface area (Å²) in [7, 11) is 0. The van der Waals surface area contributed by atoms with Gasteiger partial charge in [-0.25, -0.2) is 18.7 Å². The van der Waals surface area contributed by atoms with Crippen molar-refractivity contribution >= 4 is 23.0 Å². The highest BCUT2D eigenvalue weighted by Crippen LogP contribution is 2.25. The maximum Gasteiger partial charge on any atom is 0.168 e. The van der Waals surface area contributed by atoms with Gasteiger partial charge >= 0.3 is 0 Å². The van der Waals surface area contributed by atoms with Gasteiger partial charge in [-0.15, -0.1) is 11.3 Å². The number of aryl methyl sites for hydroxylation is 1. The van der Waals surface area contributed by atoms with E-state index in [1.165, 1.54) is 11.3 Å². The zero-order valence-electron chi connectivity index (χ0n) is 11.5. The number of rotatable bonds is 5. The quantitative estimate of drug-likeness (QED) is 0.883. The molecule has 108 valence electrons. The van der Waals surface area contributed by atoms with Gasteiger partial charge in [0.15, 0.2) is 23.3 Å². The average molecular weight is 298 g/mol. The van der Waals surface area contributed by atoms with Crippen molar-refractivity contribution in [1.82, 2.24) is 9.97 Å². The van der Waals surface area contributed by atoms with Gasteiger partial charge in [0.25, 0.3) is 0 Å². The number of pyridine rings is 1. The predicted octanol–water partition coefficient (Wildman–Crippen LogP) is 3.73. The molecule has 2 N–H and O–H groups in total. The van der Waals surface area contributed by atoms with Crippen LogP contribution >= 0.6 is 11.3 Å². The molecule has 20 heavy (non-hydrogen) atoms. The number of nitrogens with zero attached hydrogens (tertiary/aromatic N) is 2. The van der Waals surface area contributed by atoms with E-state index in [1.807, 2.05) is 26.2 Å². The minimum atomic E-state index is -0.718. The smallest absolute Gasteiger partial charge is 0.168 e. The van der Waals surface area contributed by atoms with E-state index in [1.54, 1.807) is 0 Å². The van der Waals surface area contributed by atoms with E-state index >= 15 is 0 Å². The molecule has 1 unspecified atom stereocenters. The lowest BCUT2D eigenvalue weighted by Gasteiger charge is -2.14. The highest BCUT2D eigenvalue weighted by Gasteiger charge is 2.15. The Bertz CT molecular complexity index is 600. The van der Waals surface area contributed by atoms with Crippen LogP contribution in [-0.2, 0) is 0 Å². The third-order valence-electron chi connectivity index (χ3n) is 2.63. The molecule has 0 saturated carbocycles. The van der Waals surface area contributed by atoms with Gasteiger partial charge in [-0.05, 0) is 20.8 Å². The van der Waals surface area contributed by atoms with E-state index < -0.39 is 11.6 Å². The van der Waals surface area contributed by atoms with Crippen LogP contribution < -0.4 is 10.6 Å². The molecule has 0 spiro atoms. The highest BCUT2D eigenvalue weighted by molar-refractivity contribution is 7.09. The van der Waals surface area contributed by atoms with Crippen molar-refractivity contribution in [2.45, 2.75) is 26.8 Å². The number of thiazole rings is 1. The number of hydrogen-bond acceptors (Lipinski definition) is 5. The largest absolute Gasteiger partial charge is 0.368 e. The fraction of sp³-hybridized carbons (Fsp3) is 0.385. The maximum absolute atomic E-state index is 13.7. The standard InChI is InChI=1S/C13H16F2N4S/c1-4-16-11-9(14)5-10(15)12(19-11)18-8(3)13-17-7(2)6-20-13/h5-6,8H,4H2,1-3H3,(H2,16,18,19). The number of aromatic nitrogens is 2.